The highest BCUT2D eigenvalue weighted by molar-refractivity contribution is 5.95. The molecule has 6 heteroatoms. The van der Waals surface area contributed by atoms with Crippen molar-refractivity contribution < 1.29 is 18.7 Å². The van der Waals surface area contributed by atoms with E-state index in [-0.39, 0.29) is 35.9 Å². The lowest BCUT2D eigenvalue weighted by atomic mass is 9.87. The SMILES string of the molecule is COCCNC(=O)[C@@H]1CC[C@H](c2ccccc2)N(C(=O)c2ccccc2F)C1. The molecule has 28 heavy (non-hydrogen) atoms. The van der Waals surface area contributed by atoms with E-state index in [0.717, 1.165) is 5.56 Å². The fourth-order valence-corrected chi connectivity index (χ4v) is 3.64. The molecule has 2 amide bonds. The molecule has 1 saturated heterocycles. The Labute approximate surface area is 164 Å². The van der Waals surface area contributed by atoms with Gasteiger partial charge in [0.15, 0.2) is 0 Å². The average molecular weight is 384 g/mol. The van der Waals surface area contributed by atoms with Crippen LogP contribution in [0.15, 0.2) is 54.6 Å². The van der Waals surface area contributed by atoms with Crippen molar-refractivity contribution >= 4 is 11.8 Å². The summed E-state index contributed by atoms with van der Waals surface area (Å²) in [6, 6.07) is 15.5. The highest BCUT2D eigenvalue weighted by atomic mass is 19.1. The van der Waals surface area contributed by atoms with Crippen LogP contribution in [0.25, 0.3) is 0 Å². The van der Waals surface area contributed by atoms with Crippen LogP contribution in [0, 0.1) is 11.7 Å². The molecule has 0 bridgehead atoms. The van der Waals surface area contributed by atoms with Gasteiger partial charge in [-0.15, -0.1) is 0 Å². The maximum absolute atomic E-state index is 14.2. The Bertz CT molecular complexity index is 812. The summed E-state index contributed by atoms with van der Waals surface area (Å²) in [5, 5.41) is 2.84. The number of hydrogen-bond acceptors (Lipinski definition) is 3. The van der Waals surface area contributed by atoms with Crippen LogP contribution in [0.4, 0.5) is 4.39 Å². The second-order valence-electron chi connectivity index (χ2n) is 6.92. The Morgan fingerprint density at radius 1 is 1.11 bits per heavy atom. The van der Waals surface area contributed by atoms with Gasteiger partial charge in [-0.2, -0.15) is 0 Å². The third-order valence-electron chi connectivity index (χ3n) is 5.11. The summed E-state index contributed by atoms with van der Waals surface area (Å²) < 4.78 is 19.2. The molecule has 148 valence electrons. The van der Waals surface area contributed by atoms with Gasteiger partial charge in [-0.1, -0.05) is 42.5 Å². The molecule has 5 nitrogen and oxygen atoms in total. The number of benzene rings is 2. The number of hydrogen-bond donors (Lipinski definition) is 1. The third-order valence-corrected chi connectivity index (χ3v) is 5.11. The number of carbonyl (C=O) groups is 2. The van der Waals surface area contributed by atoms with Crippen LogP contribution in [-0.4, -0.2) is 43.5 Å². The maximum Gasteiger partial charge on any atom is 0.257 e. The fraction of sp³-hybridized carbons (Fsp3) is 0.364. The van der Waals surface area contributed by atoms with Crippen LogP contribution in [-0.2, 0) is 9.53 Å². The number of methoxy groups -OCH3 is 1. The zero-order valence-corrected chi connectivity index (χ0v) is 15.9. The molecule has 0 aliphatic carbocycles. The van der Waals surface area contributed by atoms with Crippen molar-refractivity contribution in [3.05, 3.63) is 71.5 Å². The average Bonchev–Trinajstić information content (AvgIpc) is 2.74. The van der Waals surface area contributed by atoms with Crippen molar-refractivity contribution in [3.63, 3.8) is 0 Å². The Hall–Kier alpha value is -2.73. The summed E-state index contributed by atoms with van der Waals surface area (Å²) in [6.07, 6.45) is 1.31. The van der Waals surface area contributed by atoms with Crippen molar-refractivity contribution in [1.29, 1.82) is 0 Å². The van der Waals surface area contributed by atoms with Gasteiger partial charge in [-0.3, -0.25) is 9.59 Å². The lowest BCUT2D eigenvalue weighted by Crippen LogP contribution is -2.47. The fourth-order valence-electron chi connectivity index (χ4n) is 3.64. The summed E-state index contributed by atoms with van der Waals surface area (Å²) in [6.45, 7) is 1.11. The highest BCUT2D eigenvalue weighted by Crippen LogP contribution is 2.34. The number of amides is 2. The van der Waals surface area contributed by atoms with Crippen LogP contribution < -0.4 is 5.32 Å². The van der Waals surface area contributed by atoms with Gasteiger partial charge in [0, 0.05) is 20.2 Å². The molecular weight excluding hydrogens is 359 g/mol. The maximum atomic E-state index is 14.2. The van der Waals surface area contributed by atoms with Gasteiger partial charge in [-0.05, 0) is 30.5 Å². The summed E-state index contributed by atoms with van der Waals surface area (Å²) >= 11 is 0. The Balaban J connectivity index is 1.84. The molecule has 1 aliphatic heterocycles. The molecule has 1 N–H and O–H groups in total. The topological polar surface area (TPSA) is 58.6 Å². The zero-order chi connectivity index (χ0) is 19.9. The van der Waals surface area contributed by atoms with Crippen LogP contribution in [0.5, 0.6) is 0 Å². The van der Waals surface area contributed by atoms with E-state index in [0.29, 0.717) is 26.0 Å². The van der Waals surface area contributed by atoms with E-state index in [1.165, 1.54) is 12.1 Å². The highest BCUT2D eigenvalue weighted by Gasteiger charge is 2.36. The summed E-state index contributed by atoms with van der Waals surface area (Å²) in [5.41, 5.74) is 1.02. The predicted octanol–water partition coefficient (Wildman–Crippen LogP) is 3.18. The van der Waals surface area contributed by atoms with Crippen LogP contribution in [0.2, 0.25) is 0 Å². The molecule has 3 rings (SSSR count). The number of rotatable bonds is 6. The van der Waals surface area contributed by atoms with Crippen molar-refractivity contribution in [2.45, 2.75) is 18.9 Å². The molecule has 1 aliphatic rings. The molecule has 0 radical (unpaired) electrons. The molecule has 0 spiro atoms. The van der Waals surface area contributed by atoms with E-state index < -0.39 is 5.82 Å². The quantitative estimate of drug-likeness (QED) is 0.779. The van der Waals surface area contributed by atoms with Gasteiger partial charge < -0.3 is 15.0 Å². The van der Waals surface area contributed by atoms with Gasteiger partial charge in [0.25, 0.3) is 5.91 Å². The van der Waals surface area contributed by atoms with Gasteiger partial charge in [0.05, 0.1) is 24.1 Å². The van der Waals surface area contributed by atoms with E-state index in [4.69, 9.17) is 4.74 Å². The van der Waals surface area contributed by atoms with Crippen LogP contribution >= 0.6 is 0 Å². The van der Waals surface area contributed by atoms with E-state index >= 15 is 0 Å². The molecule has 0 aromatic heterocycles. The van der Waals surface area contributed by atoms with E-state index in [1.54, 1.807) is 24.1 Å². The first-order chi connectivity index (χ1) is 13.6. The van der Waals surface area contributed by atoms with Gasteiger partial charge >= 0.3 is 0 Å². The Morgan fingerprint density at radius 3 is 2.54 bits per heavy atom. The summed E-state index contributed by atoms with van der Waals surface area (Å²) in [4.78, 5) is 27.3. The van der Waals surface area contributed by atoms with Gasteiger partial charge in [0.2, 0.25) is 5.91 Å². The standard InChI is InChI=1S/C22H25FN2O3/c1-28-14-13-24-21(26)17-11-12-20(16-7-3-2-4-8-16)25(15-17)22(27)18-9-5-6-10-19(18)23/h2-10,17,20H,11-15H2,1H3,(H,24,26)/t17-,20-/m1/s1. The van der Waals surface area contributed by atoms with Crippen molar-refractivity contribution in [3.8, 4) is 0 Å². The first kappa shape index (κ1) is 20.0. The lowest BCUT2D eigenvalue weighted by Gasteiger charge is -2.39. The minimum absolute atomic E-state index is 0.0314. The van der Waals surface area contributed by atoms with Crippen LogP contribution in [0.3, 0.4) is 0 Å². The van der Waals surface area contributed by atoms with E-state index in [9.17, 15) is 14.0 Å². The van der Waals surface area contributed by atoms with Crippen molar-refractivity contribution in [2.24, 2.45) is 5.92 Å². The number of likely N-dealkylation sites (tertiary alicyclic amines) is 1. The van der Waals surface area contributed by atoms with Crippen molar-refractivity contribution in [2.75, 3.05) is 26.8 Å². The second kappa shape index (κ2) is 9.46. The van der Waals surface area contributed by atoms with Gasteiger partial charge in [0.1, 0.15) is 5.82 Å². The van der Waals surface area contributed by atoms with E-state index in [2.05, 4.69) is 5.32 Å². The molecule has 2 aromatic carbocycles. The molecule has 1 heterocycles. The normalized spacial score (nSPS) is 19.3. The number of ether oxygens (including phenoxy) is 1. The predicted molar refractivity (Wildman–Crippen MR) is 104 cm³/mol. The number of carbonyl (C=O) groups excluding carboxylic acids is 2. The van der Waals surface area contributed by atoms with Crippen molar-refractivity contribution in [1.82, 2.24) is 10.2 Å². The first-order valence-electron chi connectivity index (χ1n) is 9.49. The lowest BCUT2D eigenvalue weighted by molar-refractivity contribution is -0.127. The van der Waals surface area contributed by atoms with Crippen LogP contribution in [0.1, 0.15) is 34.8 Å². The largest absolute Gasteiger partial charge is 0.383 e. The molecule has 2 aromatic rings. The number of nitrogens with zero attached hydrogens (tertiary/aromatic N) is 1. The number of halogens is 1. The smallest absolute Gasteiger partial charge is 0.257 e. The number of piperidine rings is 1. The monoisotopic (exact) mass is 384 g/mol. The minimum atomic E-state index is -0.550. The zero-order valence-electron chi connectivity index (χ0n) is 15.9. The Kier molecular flexibility index (Phi) is 6.76. The van der Waals surface area contributed by atoms with Gasteiger partial charge in [-0.25, -0.2) is 4.39 Å². The first-order valence-corrected chi connectivity index (χ1v) is 9.49. The Morgan fingerprint density at radius 2 is 1.82 bits per heavy atom. The molecular formula is C22H25FN2O3. The van der Waals surface area contributed by atoms with E-state index in [1.807, 2.05) is 30.3 Å². The minimum Gasteiger partial charge on any atom is -0.383 e. The number of nitrogens with one attached hydrogen (secondary N) is 1. The molecule has 0 unspecified atom stereocenters. The third kappa shape index (κ3) is 4.57. The summed E-state index contributed by atoms with van der Waals surface area (Å²) in [5.74, 6) is -1.37. The molecule has 0 saturated carbocycles. The summed E-state index contributed by atoms with van der Waals surface area (Å²) in [7, 11) is 1.58. The molecule has 1 fully saturated rings. The second-order valence-corrected chi connectivity index (χ2v) is 6.92. The molecule has 2 atom stereocenters.